The van der Waals surface area contributed by atoms with Gasteiger partial charge in [-0.15, -0.1) is 0 Å². The van der Waals surface area contributed by atoms with Crippen molar-refractivity contribution >= 4 is 98.6 Å². The number of fused-ring (bicyclic) bond motifs is 5. The van der Waals surface area contributed by atoms with Gasteiger partial charge >= 0.3 is 0 Å². The van der Waals surface area contributed by atoms with E-state index in [1.165, 1.54) is 562 Å². The van der Waals surface area contributed by atoms with Gasteiger partial charge in [0.2, 0.25) is 0 Å². The number of benzene rings is 13. The lowest BCUT2D eigenvalue weighted by Gasteiger charge is -2.46. The number of hydrogen-bond donors (Lipinski definition) is 0. The van der Waals surface area contributed by atoms with E-state index in [9.17, 15) is 0 Å². The summed E-state index contributed by atoms with van der Waals surface area (Å²) in [6.45, 7) is 14.0. The van der Waals surface area contributed by atoms with Crippen LogP contribution < -0.4 is 0 Å². The van der Waals surface area contributed by atoms with Gasteiger partial charge in [-0.1, -0.05) is 534 Å². The Kier molecular flexibility index (Phi) is 40.6. The molecule has 150 heavy (non-hydrogen) atoms. The third-order valence-corrected chi connectivity index (χ3v) is 37.0. The fourth-order valence-electron chi connectivity index (χ4n) is 28.2. The van der Waals surface area contributed by atoms with Gasteiger partial charge in [-0.2, -0.15) is 0 Å². The third kappa shape index (κ3) is 26.4. The van der Waals surface area contributed by atoms with Crippen molar-refractivity contribution in [1.82, 2.24) is 0 Å². The number of hydrogen-bond acceptors (Lipinski definition) is 0. The topological polar surface area (TPSA) is 0 Å². The van der Waals surface area contributed by atoms with Crippen molar-refractivity contribution in [2.24, 2.45) is 0 Å². The fourth-order valence-corrected chi connectivity index (χ4v) is 28.2. The van der Waals surface area contributed by atoms with Crippen LogP contribution in [-0.4, -0.2) is 0 Å². The van der Waals surface area contributed by atoms with E-state index in [1.807, 2.05) is 0 Å². The fraction of sp³-hybridized carbons (Fsp3) is 0.507. The summed E-state index contributed by atoms with van der Waals surface area (Å²) in [5.41, 5.74) is 42.4. The monoisotopic (exact) mass is 1990 g/mol. The van der Waals surface area contributed by atoms with Crippen LogP contribution in [0.3, 0.4) is 0 Å². The maximum atomic E-state index is 2.82. The van der Waals surface area contributed by atoms with Gasteiger partial charge in [-0.05, 0) is 377 Å². The van der Waals surface area contributed by atoms with E-state index in [1.54, 1.807) is 49.7 Å². The zero-order valence-electron chi connectivity index (χ0n) is 94.9. The van der Waals surface area contributed by atoms with Gasteiger partial charge in [0.25, 0.3) is 0 Å². The normalized spacial score (nSPS) is 14.3. The van der Waals surface area contributed by atoms with Crippen LogP contribution in [0, 0.1) is 0 Å². The van der Waals surface area contributed by atoms with Crippen molar-refractivity contribution in [3.05, 3.63) is 294 Å². The molecular weight excluding hydrogens is 1800 g/mol. The summed E-state index contributed by atoms with van der Waals surface area (Å²) in [6.07, 6.45) is 99.7. The van der Waals surface area contributed by atoms with Gasteiger partial charge in [0, 0.05) is 5.92 Å². The SMILES string of the molecule is CCCCCCCCCCCCc1ccc(C2=CC3=C4C(=C5C=C(c6ccc(CCCCCCCCCCCC)cc6)Cc6c5c5c7c8c6CC(c6ccc(CCCCCCCCCCCC)cc6)=Cc8c6cc(-c8ccc(CCCCCCCCCCCC)cc8)cc8c9cc(-c%10ccc(CCCCCCCCCCCC)cc%10)cc%10c%11cc(-c%12ccc(CCCCCCCCCCCC)cc%12)cc3c%11c(c(c%109)c7c68)C45)C2)cc1. The molecule has 6 aliphatic carbocycles. The largest absolute Gasteiger partial charge is 0.0654 e. The predicted molar refractivity (Wildman–Crippen MR) is 663 cm³/mol. The number of unbranched alkanes of at least 4 members (excludes halogenated alkanes) is 54. The summed E-state index contributed by atoms with van der Waals surface area (Å²) in [6, 6.07) is 77.4. The van der Waals surface area contributed by atoms with Crippen LogP contribution in [0.25, 0.3) is 132 Å². The molecule has 0 fully saturated rings. The molecule has 0 heterocycles. The van der Waals surface area contributed by atoms with Crippen molar-refractivity contribution in [3.8, 4) is 33.4 Å². The Morgan fingerprint density at radius 3 is 0.753 bits per heavy atom. The highest BCUT2D eigenvalue weighted by atomic mass is 14.5. The Hall–Kier alpha value is -9.62. The molecular formula is C150H190. The molecule has 0 bridgehead atoms. The van der Waals surface area contributed by atoms with Gasteiger partial charge in [0.15, 0.2) is 0 Å². The lowest BCUT2D eigenvalue weighted by Crippen LogP contribution is -2.27. The van der Waals surface area contributed by atoms with Crippen molar-refractivity contribution < 1.29 is 0 Å². The first-order valence-electron chi connectivity index (χ1n) is 63.7. The molecule has 0 aliphatic heterocycles. The molecule has 0 spiro atoms. The Morgan fingerprint density at radius 1 is 0.187 bits per heavy atom. The third-order valence-electron chi connectivity index (χ3n) is 37.0. The summed E-state index contributed by atoms with van der Waals surface area (Å²) in [5.74, 6) is 0.0367. The molecule has 1 unspecified atom stereocenters. The van der Waals surface area contributed by atoms with Crippen LogP contribution in [0.4, 0.5) is 0 Å². The van der Waals surface area contributed by atoms with E-state index in [0.717, 1.165) is 57.8 Å². The van der Waals surface area contributed by atoms with Gasteiger partial charge in [0.1, 0.15) is 0 Å². The van der Waals surface area contributed by atoms with Crippen LogP contribution in [-0.2, 0) is 51.4 Å². The molecule has 19 rings (SSSR count). The van der Waals surface area contributed by atoms with Crippen molar-refractivity contribution in [2.45, 2.75) is 490 Å². The molecule has 6 aliphatic rings. The Balaban J connectivity index is 0.799. The molecule has 13 aromatic rings. The molecule has 0 aromatic heterocycles. The second-order valence-corrected chi connectivity index (χ2v) is 48.4. The summed E-state index contributed by atoms with van der Waals surface area (Å²) in [5, 5.41) is 17.7. The lowest BCUT2D eigenvalue weighted by atomic mass is 9.56. The van der Waals surface area contributed by atoms with Crippen molar-refractivity contribution in [3.63, 3.8) is 0 Å². The van der Waals surface area contributed by atoms with Gasteiger partial charge in [-0.3, -0.25) is 0 Å². The Bertz CT molecular complexity index is 6710. The van der Waals surface area contributed by atoms with E-state index >= 15 is 0 Å². The quantitative estimate of drug-likeness (QED) is 0.0202. The second kappa shape index (κ2) is 56.0. The van der Waals surface area contributed by atoms with Gasteiger partial charge < -0.3 is 0 Å². The first-order chi connectivity index (χ1) is 74.3. The molecule has 0 N–H and O–H groups in total. The Morgan fingerprint density at radius 2 is 0.433 bits per heavy atom. The molecule has 1 atom stereocenters. The predicted octanol–water partition coefficient (Wildman–Crippen LogP) is 47.0. The van der Waals surface area contributed by atoms with Crippen LogP contribution in [0.15, 0.2) is 205 Å². The number of aryl methyl sites for hydroxylation is 6. The van der Waals surface area contributed by atoms with Crippen molar-refractivity contribution in [1.29, 1.82) is 0 Å². The summed E-state index contributed by atoms with van der Waals surface area (Å²) in [4.78, 5) is 0. The molecule has 13 aromatic carbocycles. The highest BCUT2D eigenvalue weighted by molar-refractivity contribution is 6.46. The van der Waals surface area contributed by atoms with Crippen LogP contribution in [0.2, 0.25) is 0 Å². The summed E-state index contributed by atoms with van der Waals surface area (Å²) < 4.78 is 0. The zero-order chi connectivity index (χ0) is 102. The standard InChI is InChI=1S/C150H190/c1-7-13-19-25-31-37-43-49-55-61-67-109-73-85-115(86-74-109)121-97-127-129-99-122(116-87-75-110(76-88-116)68-62-56-50-44-38-32-26-20-14-8-2)101-131-133-103-124(118-91-79-112(80-92-118)70-64-58-52-46-40-34-28-22-16-10-4)105-135-137-107-126(120-95-83-114(84-96-120)72-66-60-54-48-42-36-30-24-18-12-6)108-138-136-106-125(119-93-81-113(82-94-119)71-65-59-53-47-41-35-29-23-17-11-5)104-134-132-102-123(117-89-77-111(78-90-117)69-63-57-51-45-39-33-27-21-15-9-3)100-130-128(98-121)139(127)145-146(140(129)131)148(142(133)135)150(144(137)138)149(143(134)136)147(145)141(130)132/h73-104,107,148H,7-72,105-106,108H2,1-6H3. The minimum Gasteiger partial charge on any atom is -0.0654 e. The molecule has 790 valence electrons. The average molecular weight is 1990 g/mol. The highest BCUT2D eigenvalue weighted by Gasteiger charge is 2.48. The molecule has 0 radical (unpaired) electrons. The van der Waals surface area contributed by atoms with Crippen molar-refractivity contribution in [2.75, 3.05) is 0 Å². The van der Waals surface area contributed by atoms with E-state index < -0.39 is 0 Å². The Labute approximate surface area is 910 Å². The van der Waals surface area contributed by atoms with E-state index in [4.69, 9.17) is 0 Å². The molecule has 0 saturated heterocycles. The number of allylic oxidation sites excluding steroid dienone is 9. The van der Waals surface area contributed by atoms with Crippen LogP contribution >= 0.6 is 0 Å². The zero-order valence-corrected chi connectivity index (χ0v) is 94.9. The lowest BCUT2D eigenvalue weighted by molar-refractivity contribution is 0.556. The average Bonchev–Trinajstić information content (AvgIpc) is 0.638. The first kappa shape index (κ1) is 109. The highest BCUT2D eigenvalue weighted by Crippen LogP contribution is 2.69. The smallest absolute Gasteiger partial charge is 0.0374 e. The van der Waals surface area contributed by atoms with Crippen LogP contribution in [0.1, 0.15) is 528 Å². The first-order valence-corrected chi connectivity index (χ1v) is 63.7. The number of rotatable bonds is 72. The minimum atomic E-state index is 0.0367. The summed E-state index contributed by atoms with van der Waals surface area (Å²) >= 11 is 0. The summed E-state index contributed by atoms with van der Waals surface area (Å²) in [7, 11) is 0. The van der Waals surface area contributed by atoms with Gasteiger partial charge in [0.05, 0.1) is 0 Å². The minimum absolute atomic E-state index is 0.0367. The maximum absolute atomic E-state index is 2.82. The van der Waals surface area contributed by atoms with E-state index in [0.29, 0.717) is 0 Å². The van der Waals surface area contributed by atoms with Gasteiger partial charge in [-0.25, -0.2) is 0 Å². The van der Waals surface area contributed by atoms with E-state index in [2.05, 4.69) is 242 Å². The molecule has 0 amide bonds. The molecule has 0 nitrogen and oxygen atoms in total. The second-order valence-electron chi connectivity index (χ2n) is 48.4. The maximum Gasteiger partial charge on any atom is 0.0374 e. The molecule has 0 heteroatoms. The van der Waals surface area contributed by atoms with Crippen LogP contribution in [0.5, 0.6) is 0 Å². The van der Waals surface area contributed by atoms with E-state index in [-0.39, 0.29) is 5.92 Å². The molecule has 0 saturated carbocycles.